The van der Waals surface area contributed by atoms with Gasteiger partial charge in [-0.2, -0.15) is 11.8 Å². The summed E-state index contributed by atoms with van der Waals surface area (Å²) in [4.78, 5) is 0. The molecule has 0 spiro atoms. The molecule has 0 bridgehead atoms. The molecule has 104 valence electrons. The third kappa shape index (κ3) is 12.6. The van der Waals surface area contributed by atoms with E-state index in [1.54, 1.807) is 0 Å². The minimum atomic E-state index is 0.497. The Balaban J connectivity index is 3.14. The van der Waals surface area contributed by atoms with Crippen LogP contribution < -0.4 is 0 Å². The molecule has 0 radical (unpaired) electrons. The van der Waals surface area contributed by atoms with Crippen molar-refractivity contribution in [1.29, 1.82) is 0 Å². The van der Waals surface area contributed by atoms with Crippen molar-refractivity contribution in [3.05, 3.63) is 0 Å². The predicted molar refractivity (Wildman–Crippen MR) is 84.0 cm³/mol. The molecule has 0 N–H and O–H groups in total. The molecule has 0 unspecified atom stereocenters. The van der Waals surface area contributed by atoms with Crippen molar-refractivity contribution in [3.8, 4) is 0 Å². The Morgan fingerprint density at radius 3 is 1.76 bits per heavy atom. The zero-order valence-electron chi connectivity index (χ0n) is 12.8. The summed E-state index contributed by atoms with van der Waals surface area (Å²) in [6, 6.07) is 0. The van der Waals surface area contributed by atoms with Crippen LogP contribution in [0.15, 0.2) is 0 Å². The van der Waals surface area contributed by atoms with E-state index in [9.17, 15) is 0 Å². The van der Waals surface area contributed by atoms with Crippen LogP contribution in [0.25, 0.3) is 0 Å². The van der Waals surface area contributed by atoms with Crippen LogP contribution in [0.2, 0.25) is 0 Å². The van der Waals surface area contributed by atoms with Crippen molar-refractivity contribution in [2.24, 2.45) is 5.92 Å². The predicted octanol–water partition coefficient (Wildman–Crippen LogP) is 6.29. The van der Waals surface area contributed by atoms with Crippen LogP contribution in [-0.4, -0.2) is 11.0 Å². The number of thioether (sulfide) groups is 1. The maximum Gasteiger partial charge on any atom is 0.0100 e. The van der Waals surface area contributed by atoms with E-state index in [1.165, 1.54) is 57.8 Å². The van der Waals surface area contributed by atoms with Crippen LogP contribution >= 0.6 is 11.8 Å². The summed E-state index contributed by atoms with van der Waals surface area (Å²) < 4.78 is 0.497. The summed E-state index contributed by atoms with van der Waals surface area (Å²) in [5.41, 5.74) is 0. The standard InChI is InChI=1S/C16H34S/c1-15(2)13-11-9-7-6-8-10-12-14-16(3,4)17-5/h15H,6-14H2,1-5H3. The summed E-state index contributed by atoms with van der Waals surface area (Å²) in [6.07, 6.45) is 15.1. The van der Waals surface area contributed by atoms with Gasteiger partial charge in [0.2, 0.25) is 0 Å². The SMILES string of the molecule is CSC(C)(C)CCCCCCCCCC(C)C. The molecule has 17 heavy (non-hydrogen) atoms. The van der Waals surface area contributed by atoms with Crippen molar-refractivity contribution in [1.82, 2.24) is 0 Å². The van der Waals surface area contributed by atoms with Gasteiger partial charge >= 0.3 is 0 Å². The Morgan fingerprint density at radius 2 is 1.29 bits per heavy atom. The molecule has 0 nitrogen and oxygen atoms in total. The van der Waals surface area contributed by atoms with Gasteiger partial charge in [-0.1, -0.05) is 79.1 Å². The maximum atomic E-state index is 2.36. The molecule has 0 aromatic rings. The molecule has 0 rings (SSSR count). The largest absolute Gasteiger partial charge is 0.159 e. The van der Waals surface area contributed by atoms with E-state index in [0.717, 1.165) is 5.92 Å². The van der Waals surface area contributed by atoms with Gasteiger partial charge in [0, 0.05) is 4.75 Å². The fourth-order valence-electron chi connectivity index (χ4n) is 2.09. The smallest absolute Gasteiger partial charge is 0.0100 e. The second-order valence-corrected chi connectivity index (χ2v) is 7.88. The lowest BCUT2D eigenvalue weighted by molar-refractivity contribution is 0.500. The molecule has 0 fully saturated rings. The zero-order valence-corrected chi connectivity index (χ0v) is 13.7. The number of unbranched alkanes of at least 4 members (excludes halogenated alkanes) is 6. The van der Waals surface area contributed by atoms with E-state index < -0.39 is 0 Å². The Hall–Kier alpha value is 0.350. The monoisotopic (exact) mass is 258 g/mol. The van der Waals surface area contributed by atoms with Gasteiger partial charge in [-0.05, 0) is 18.6 Å². The molecule has 0 aromatic carbocycles. The van der Waals surface area contributed by atoms with Gasteiger partial charge < -0.3 is 0 Å². The zero-order chi connectivity index (χ0) is 13.1. The molecule has 0 aliphatic rings. The van der Waals surface area contributed by atoms with Crippen molar-refractivity contribution in [2.45, 2.75) is 90.2 Å². The van der Waals surface area contributed by atoms with Crippen molar-refractivity contribution in [3.63, 3.8) is 0 Å². The number of hydrogen-bond acceptors (Lipinski definition) is 1. The minimum absolute atomic E-state index is 0.497. The fourth-order valence-corrected chi connectivity index (χ4v) is 2.44. The molecule has 0 amide bonds. The van der Waals surface area contributed by atoms with Gasteiger partial charge in [-0.15, -0.1) is 0 Å². The molecular formula is C16H34S. The quantitative estimate of drug-likeness (QED) is 0.392. The first-order valence-corrected chi connectivity index (χ1v) is 8.75. The maximum absolute atomic E-state index is 2.36. The van der Waals surface area contributed by atoms with Crippen LogP contribution in [0, 0.1) is 5.92 Å². The van der Waals surface area contributed by atoms with E-state index in [0.29, 0.717) is 4.75 Å². The molecular weight excluding hydrogens is 224 g/mol. The topological polar surface area (TPSA) is 0 Å². The molecule has 0 atom stereocenters. The van der Waals surface area contributed by atoms with Gasteiger partial charge in [-0.25, -0.2) is 0 Å². The van der Waals surface area contributed by atoms with Gasteiger partial charge in [0.05, 0.1) is 0 Å². The van der Waals surface area contributed by atoms with Crippen LogP contribution in [0.3, 0.4) is 0 Å². The Bertz CT molecular complexity index is 161. The second kappa shape index (κ2) is 10.3. The lowest BCUT2D eigenvalue weighted by Gasteiger charge is -2.21. The molecule has 0 heterocycles. The van der Waals surface area contributed by atoms with Crippen molar-refractivity contribution < 1.29 is 0 Å². The summed E-state index contributed by atoms with van der Waals surface area (Å²) in [5, 5.41) is 0. The second-order valence-electron chi connectivity index (χ2n) is 6.37. The van der Waals surface area contributed by atoms with Gasteiger partial charge in [0.15, 0.2) is 0 Å². The summed E-state index contributed by atoms with van der Waals surface area (Å²) >= 11 is 2.00. The molecule has 0 aliphatic carbocycles. The van der Waals surface area contributed by atoms with Crippen molar-refractivity contribution in [2.75, 3.05) is 6.26 Å². The van der Waals surface area contributed by atoms with E-state index in [2.05, 4.69) is 34.0 Å². The van der Waals surface area contributed by atoms with Crippen LogP contribution in [-0.2, 0) is 0 Å². The average Bonchev–Trinajstić information content (AvgIpc) is 2.26. The van der Waals surface area contributed by atoms with E-state index in [4.69, 9.17) is 0 Å². The van der Waals surface area contributed by atoms with Crippen LogP contribution in [0.1, 0.15) is 85.5 Å². The summed E-state index contributed by atoms with van der Waals surface area (Å²) in [7, 11) is 0. The third-order valence-electron chi connectivity index (χ3n) is 3.61. The number of rotatable bonds is 11. The normalized spacial score (nSPS) is 12.4. The molecule has 0 aliphatic heterocycles. The van der Waals surface area contributed by atoms with E-state index in [1.807, 2.05) is 11.8 Å². The lowest BCUT2D eigenvalue weighted by Crippen LogP contribution is -2.13. The minimum Gasteiger partial charge on any atom is -0.159 e. The molecule has 0 aromatic heterocycles. The first kappa shape index (κ1) is 17.4. The van der Waals surface area contributed by atoms with Crippen LogP contribution in [0.4, 0.5) is 0 Å². The Labute approximate surface area is 114 Å². The fraction of sp³-hybridized carbons (Fsp3) is 1.00. The average molecular weight is 259 g/mol. The van der Waals surface area contributed by atoms with E-state index in [-0.39, 0.29) is 0 Å². The van der Waals surface area contributed by atoms with Gasteiger partial charge in [0.1, 0.15) is 0 Å². The summed E-state index contributed by atoms with van der Waals surface area (Å²) in [5.74, 6) is 0.892. The highest BCUT2D eigenvalue weighted by atomic mass is 32.2. The Kier molecular flexibility index (Phi) is 10.5. The lowest BCUT2D eigenvalue weighted by atomic mass is 10.0. The first-order valence-electron chi connectivity index (χ1n) is 7.53. The van der Waals surface area contributed by atoms with Crippen LogP contribution in [0.5, 0.6) is 0 Å². The Morgan fingerprint density at radius 1 is 0.824 bits per heavy atom. The highest BCUT2D eigenvalue weighted by molar-refractivity contribution is 7.99. The highest BCUT2D eigenvalue weighted by Gasteiger charge is 2.14. The van der Waals surface area contributed by atoms with Crippen molar-refractivity contribution >= 4 is 11.8 Å². The van der Waals surface area contributed by atoms with Gasteiger partial charge in [-0.3, -0.25) is 0 Å². The molecule has 1 heteroatoms. The summed E-state index contributed by atoms with van der Waals surface area (Å²) in [6.45, 7) is 9.38. The highest BCUT2D eigenvalue weighted by Crippen LogP contribution is 2.27. The van der Waals surface area contributed by atoms with Gasteiger partial charge in [0.25, 0.3) is 0 Å². The van der Waals surface area contributed by atoms with E-state index >= 15 is 0 Å². The number of hydrogen-bond donors (Lipinski definition) is 0. The molecule has 0 saturated carbocycles. The first-order chi connectivity index (χ1) is 7.98. The third-order valence-corrected chi connectivity index (χ3v) is 4.92. The molecule has 0 saturated heterocycles.